The Hall–Kier alpha value is -2.43. The number of ether oxygens (including phenoxy) is 1. The summed E-state index contributed by atoms with van der Waals surface area (Å²) in [5.41, 5.74) is 0.864. The topological polar surface area (TPSA) is 63.7 Å². The van der Waals surface area contributed by atoms with Crippen LogP contribution >= 0.6 is 0 Å². The van der Waals surface area contributed by atoms with Gasteiger partial charge in [0, 0.05) is 5.56 Å². The van der Waals surface area contributed by atoms with Crippen molar-refractivity contribution < 1.29 is 19.1 Å². The third-order valence-electron chi connectivity index (χ3n) is 6.49. The van der Waals surface area contributed by atoms with E-state index in [4.69, 9.17) is 4.74 Å². The maximum Gasteiger partial charge on any atom is 0.238 e. The highest BCUT2D eigenvalue weighted by atomic mass is 16.5. The second-order valence-electron chi connectivity index (χ2n) is 7.61. The second kappa shape index (κ2) is 4.81. The van der Waals surface area contributed by atoms with Crippen LogP contribution in [0.4, 0.5) is 5.69 Å². The first-order valence-corrected chi connectivity index (χ1v) is 8.78. The van der Waals surface area contributed by atoms with E-state index in [0.29, 0.717) is 28.8 Å². The van der Waals surface area contributed by atoms with Crippen LogP contribution in [-0.4, -0.2) is 24.7 Å². The molecule has 6 unspecified atom stereocenters. The number of carbonyl (C=O) groups excluding carboxylic acids is 3. The smallest absolute Gasteiger partial charge is 0.238 e. The van der Waals surface area contributed by atoms with Crippen LogP contribution in [0.2, 0.25) is 0 Å². The van der Waals surface area contributed by atoms with Crippen molar-refractivity contribution in [2.45, 2.75) is 13.3 Å². The van der Waals surface area contributed by atoms with E-state index in [0.717, 1.165) is 6.42 Å². The number of nitrogens with zero attached hydrogens (tertiary/aromatic N) is 1. The van der Waals surface area contributed by atoms with E-state index >= 15 is 0 Å². The van der Waals surface area contributed by atoms with Crippen LogP contribution in [0.3, 0.4) is 0 Å². The van der Waals surface area contributed by atoms with Gasteiger partial charge in [-0.2, -0.15) is 0 Å². The predicted molar refractivity (Wildman–Crippen MR) is 90.2 cm³/mol. The molecule has 1 aromatic carbocycles. The molecule has 1 aliphatic heterocycles. The van der Waals surface area contributed by atoms with E-state index in [1.54, 1.807) is 18.2 Å². The number of hydrogen-bond donors (Lipinski definition) is 0. The lowest BCUT2D eigenvalue weighted by Gasteiger charge is -2.37. The molecule has 1 heterocycles. The third-order valence-corrected chi connectivity index (χ3v) is 6.49. The Labute approximate surface area is 145 Å². The lowest BCUT2D eigenvalue weighted by molar-refractivity contribution is -0.124. The summed E-state index contributed by atoms with van der Waals surface area (Å²) in [7, 11) is 1.50. The molecule has 2 amide bonds. The molecule has 0 radical (unpaired) electrons. The molecule has 1 saturated heterocycles. The minimum atomic E-state index is -0.253. The van der Waals surface area contributed by atoms with Gasteiger partial charge in [0.1, 0.15) is 5.75 Å². The lowest BCUT2D eigenvalue weighted by Crippen LogP contribution is -2.40. The Balaban J connectivity index is 1.60. The van der Waals surface area contributed by atoms with Gasteiger partial charge in [-0.15, -0.1) is 0 Å². The number of imide groups is 1. The van der Waals surface area contributed by atoms with Gasteiger partial charge >= 0.3 is 0 Å². The quantitative estimate of drug-likeness (QED) is 0.483. The molecule has 0 N–H and O–H groups in total. The first kappa shape index (κ1) is 14.9. The molecular formula is C20H19NO4. The molecular weight excluding hydrogens is 318 g/mol. The number of amides is 2. The van der Waals surface area contributed by atoms with Crippen LogP contribution in [0.1, 0.15) is 23.7 Å². The van der Waals surface area contributed by atoms with Crippen LogP contribution in [-0.2, 0) is 9.59 Å². The number of allylic oxidation sites excluding steroid dienone is 2. The van der Waals surface area contributed by atoms with Crippen LogP contribution in [0.25, 0.3) is 0 Å². The molecule has 0 aromatic heterocycles. The van der Waals surface area contributed by atoms with Gasteiger partial charge in [-0.05, 0) is 55.2 Å². The van der Waals surface area contributed by atoms with Gasteiger partial charge in [0.15, 0.2) is 5.78 Å². The van der Waals surface area contributed by atoms with E-state index < -0.39 is 0 Å². The SMILES string of the molecule is COc1ccc(C(C)=O)cc1N1C(=O)C2C3C=CC(C4CC34)C2C1=O. The molecule has 5 aliphatic rings. The van der Waals surface area contributed by atoms with Crippen LogP contribution in [0, 0.1) is 35.5 Å². The highest BCUT2D eigenvalue weighted by Gasteiger charge is 2.67. The highest BCUT2D eigenvalue weighted by Crippen LogP contribution is 2.65. The minimum absolute atomic E-state index is 0.108. The summed E-state index contributed by atoms with van der Waals surface area (Å²) in [6, 6.07) is 4.91. The van der Waals surface area contributed by atoms with Gasteiger partial charge in [0.05, 0.1) is 24.6 Å². The first-order chi connectivity index (χ1) is 12.0. The molecule has 5 heteroatoms. The summed E-state index contributed by atoms with van der Waals surface area (Å²) in [6.45, 7) is 1.47. The van der Waals surface area contributed by atoms with E-state index in [1.807, 2.05) is 0 Å². The Morgan fingerprint density at radius 1 is 1.08 bits per heavy atom. The number of anilines is 1. The molecule has 0 spiro atoms. The molecule has 4 aliphatic carbocycles. The summed E-state index contributed by atoms with van der Waals surface area (Å²) in [4.78, 5) is 39.4. The number of rotatable bonds is 3. The zero-order valence-electron chi connectivity index (χ0n) is 14.1. The zero-order valence-corrected chi connectivity index (χ0v) is 14.1. The number of methoxy groups -OCH3 is 1. The normalized spacial score (nSPS) is 37.1. The van der Waals surface area contributed by atoms with Crippen molar-refractivity contribution in [3.63, 3.8) is 0 Å². The van der Waals surface area contributed by atoms with Crippen molar-refractivity contribution in [2.24, 2.45) is 35.5 Å². The van der Waals surface area contributed by atoms with E-state index in [1.165, 1.54) is 18.9 Å². The summed E-state index contributed by atoms with van der Waals surface area (Å²) in [5, 5.41) is 0. The molecule has 1 aromatic rings. The van der Waals surface area contributed by atoms with E-state index in [9.17, 15) is 14.4 Å². The van der Waals surface area contributed by atoms with Gasteiger partial charge in [0.2, 0.25) is 11.8 Å². The molecule has 2 saturated carbocycles. The van der Waals surface area contributed by atoms with Gasteiger partial charge in [0.25, 0.3) is 0 Å². The molecule has 6 rings (SSSR count). The summed E-state index contributed by atoms with van der Waals surface area (Å²) >= 11 is 0. The fourth-order valence-electron chi connectivity index (χ4n) is 5.28. The summed E-state index contributed by atoms with van der Waals surface area (Å²) < 4.78 is 5.37. The summed E-state index contributed by atoms with van der Waals surface area (Å²) in [6.07, 6.45) is 5.44. The molecule has 128 valence electrons. The number of carbonyl (C=O) groups is 3. The fourth-order valence-corrected chi connectivity index (χ4v) is 5.28. The van der Waals surface area contributed by atoms with Crippen molar-refractivity contribution >= 4 is 23.3 Å². The molecule has 6 atom stereocenters. The van der Waals surface area contributed by atoms with Crippen molar-refractivity contribution in [2.75, 3.05) is 12.0 Å². The molecule has 2 bridgehead atoms. The summed E-state index contributed by atoms with van der Waals surface area (Å²) in [5.74, 6) is 1.05. The standard InChI is InChI=1S/C20H19NO4/c1-9(22)10-3-6-16(25-2)15(7-10)21-19(23)17-11-4-5-12(14-8-13(11)14)18(17)20(21)24/h3-7,11-14,17-18H,8H2,1-2H3. The maximum absolute atomic E-state index is 13.2. The largest absolute Gasteiger partial charge is 0.495 e. The van der Waals surface area contributed by atoms with Crippen molar-refractivity contribution in [3.8, 4) is 5.75 Å². The lowest BCUT2D eigenvalue weighted by atomic mass is 9.63. The monoisotopic (exact) mass is 337 g/mol. The Morgan fingerprint density at radius 3 is 2.20 bits per heavy atom. The number of hydrogen-bond acceptors (Lipinski definition) is 4. The maximum atomic E-state index is 13.2. The minimum Gasteiger partial charge on any atom is -0.495 e. The Bertz CT molecular complexity index is 821. The van der Waals surface area contributed by atoms with Gasteiger partial charge in [-0.1, -0.05) is 12.2 Å². The number of Topliss-reactive ketones (excluding diaryl/α,β-unsaturated/α-hetero) is 1. The van der Waals surface area contributed by atoms with Crippen LogP contribution in [0.15, 0.2) is 30.4 Å². The van der Waals surface area contributed by atoms with Crippen LogP contribution in [0.5, 0.6) is 5.75 Å². The number of ketones is 1. The zero-order chi connectivity index (χ0) is 17.5. The average molecular weight is 337 g/mol. The van der Waals surface area contributed by atoms with Crippen LogP contribution < -0.4 is 9.64 Å². The molecule has 3 fully saturated rings. The fraction of sp³-hybridized carbons (Fsp3) is 0.450. The van der Waals surface area contributed by atoms with Crippen molar-refractivity contribution in [1.29, 1.82) is 0 Å². The third kappa shape index (κ3) is 1.81. The van der Waals surface area contributed by atoms with Crippen molar-refractivity contribution in [3.05, 3.63) is 35.9 Å². The van der Waals surface area contributed by atoms with Gasteiger partial charge in [-0.3, -0.25) is 14.4 Å². The molecule has 5 nitrogen and oxygen atoms in total. The Kier molecular flexibility index (Phi) is 2.86. The number of benzene rings is 1. The van der Waals surface area contributed by atoms with E-state index in [2.05, 4.69) is 12.2 Å². The first-order valence-electron chi connectivity index (χ1n) is 8.78. The Morgan fingerprint density at radius 2 is 1.68 bits per heavy atom. The van der Waals surface area contributed by atoms with E-state index in [-0.39, 0.29) is 41.3 Å². The predicted octanol–water partition coefficient (Wildman–Crippen LogP) is 2.46. The molecule has 25 heavy (non-hydrogen) atoms. The van der Waals surface area contributed by atoms with Gasteiger partial charge < -0.3 is 4.74 Å². The van der Waals surface area contributed by atoms with Crippen molar-refractivity contribution in [1.82, 2.24) is 0 Å². The second-order valence-corrected chi connectivity index (χ2v) is 7.61. The highest BCUT2D eigenvalue weighted by molar-refractivity contribution is 6.23. The average Bonchev–Trinajstić information content (AvgIpc) is 3.39. The van der Waals surface area contributed by atoms with Gasteiger partial charge in [-0.25, -0.2) is 4.90 Å².